The van der Waals surface area contributed by atoms with Gasteiger partial charge in [-0.05, 0) is 48.7 Å². The van der Waals surface area contributed by atoms with Crippen molar-refractivity contribution in [1.29, 1.82) is 0 Å². The molecule has 166 valence electrons. The van der Waals surface area contributed by atoms with Crippen LogP contribution >= 0.6 is 0 Å². The zero-order valence-corrected chi connectivity index (χ0v) is 18.8. The number of hydrogen-bond donors (Lipinski definition) is 2. The first-order chi connectivity index (χ1) is 14.8. The second-order valence-corrected chi connectivity index (χ2v) is 9.63. The lowest BCUT2D eigenvalue weighted by atomic mass is 10.1. The summed E-state index contributed by atoms with van der Waals surface area (Å²) in [6.45, 7) is 3.78. The Balaban J connectivity index is 1.55. The zero-order valence-electron chi connectivity index (χ0n) is 18.0. The molecule has 0 saturated carbocycles. The highest BCUT2D eigenvalue weighted by molar-refractivity contribution is 7.89. The van der Waals surface area contributed by atoms with Crippen LogP contribution in [0.1, 0.15) is 23.4 Å². The normalized spacial score (nSPS) is 12.3. The van der Waals surface area contributed by atoms with Crippen LogP contribution in [-0.4, -0.2) is 43.8 Å². The second-order valence-electron chi connectivity index (χ2n) is 7.49. The third-order valence-corrected chi connectivity index (χ3v) is 5.79. The van der Waals surface area contributed by atoms with E-state index in [9.17, 15) is 12.8 Å². The second kappa shape index (κ2) is 9.91. The van der Waals surface area contributed by atoms with Crippen LogP contribution in [0.15, 0.2) is 47.5 Å². The van der Waals surface area contributed by atoms with Gasteiger partial charge in [0.05, 0.1) is 16.8 Å². The number of nitrogens with zero attached hydrogens (tertiary/aromatic N) is 3. The summed E-state index contributed by atoms with van der Waals surface area (Å²) < 4.78 is 39.2. The lowest BCUT2D eigenvalue weighted by Crippen LogP contribution is -2.37. The summed E-state index contributed by atoms with van der Waals surface area (Å²) in [5, 5.41) is 6.38. The van der Waals surface area contributed by atoms with Gasteiger partial charge in [0, 0.05) is 32.9 Å². The lowest BCUT2D eigenvalue weighted by molar-refractivity contribution is 0.599. The molecular formula is C22H28FN5O2S. The number of sulfone groups is 1. The maximum Gasteiger partial charge on any atom is 0.191 e. The number of halogens is 1. The van der Waals surface area contributed by atoms with E-state index in [2.05, 4.69) is 31.2 Å². The van der Waals surface area contributed by atoms with E-state index in [-0.39, 0.29) is 12.3 Å². The number of aromatic nitrogens is 2. The van der Waals surface area contributed by atoms with Crippen molar-refractivity contribution in [3.63, 3.8) is 0 Å². The molecule has 0 amide bonds. The molecule has 1 aromatic heterocycles. The Bertz CT molecular complexity index is 1190. The molecule has 2 N–H and O–H groups in total. The van der Waals surface area contributed by atoms with Crippen molar-refractivity contribution in [2.45, 2.75) is 32.2 Å². The average Bonchev–Trinajstić information content (AvgIpc) is 3.03. The molecular weight excluding hydrogens is 417 g/mol. The highest BCUT2D eigenvalue weighted by Crippen LogP contribution is 2.16. The highest BCUT2D eigenvalue weighted by atomic mass is 32.2. The van der Waals surface area contributed by atoms with E-state index in [0.717, 1.165) is 29.8 Å². The number of imidazole rings is 1. The molecule has 31 heavy (non-hydrogen) atoms. The topological polar surface area (TPSA) is 88.4 Å². The number of hydrogen-bond acceptors (Lipinski definition) is 4. The van der Waals surface area contributed by atoms with Gasteiger partial charge in [-0.15, -0.1) is 0 Å². The quantitative estimate of drug-likeness (QED) is 0.316. The van der Waals surface area contributed by atoms with Gasteiger partial charge in [-0.3, -0.25) is 4.99 Å². The number of para-hydroxylation sites is 2. The first kappa shape index (κ1) is 22.7. The maximum absolute atomic E-state index is 13.7. The molecule has 0 bridgehead atoms. The van der Waals surface area contributed by atoms with Gasteiger partial charge in [0.2, 0.25) is 0 Å². The van der Waals surface area contributed by atoms with Crippen molar-refractivity contribution in [1.82, 2.24) is 20.2 Å². The van der Waals surface area contributed by atoms with Crippen LogP contribution in [0.3, 0.4) is 0 Å². The summed E-state index contributed by atoms with van der Waals surface area (Å²) in [5.41, 5.74) is 3.28. The molecule has 0 fully saturated rings. The van der Waals surface area contributed by atoms with E-state index in [1.807, 2.05) is 25.1 Å². The first-order valence-corrected chi connectivity index (χ1v) is 12.1. The van der Waals surface area contributed by atoms with Gasteiger partial charge in [-0.1, -0.05) is 18.2 Å². The van der Waals surface area contributed by atoms with Crippen molar-refractivity contribution in [2.75, 3.05) is 19.8 Å². The van der Waals surface area contributed by atoms with Gasteiger partial charge in [0.1, 0.15) is 11.6 Å². The van der Waals surface area contributed by atoms with E-state index >= 15 is 0 Å². The van der Waals surface area contributed by atoms with Gasteiger partial charge in [-0.25, -0.2) is 17.8 Å². The van der Waals surface area contributed by atoms with E-state index in [1.165, 1.54) is 24.5 Å². The minimum Gasteiger partial charge on any atom is -0.356 e. The fourth-order valence-electron chi connectivity index (χ4n) is 3.50. The maximum atomic E-state index is 13.7. The molecule has 3 aromatic rings. The van der Waals surface area contributed by atoms with Gasteiger partial charge in [0.25, 0.3) is 0 Å². The van der Waals surface area contributed by atoms with Crippen LogP contribution in [0, 0.1) is 12.7 Å². The zero-order chi connectivity index (χ0) is 22.4. The van der Waals surface area contributed by atoms with Crippen LogP contribution in [0.5, 0.6) is 0 Å². The largest absolute Gasteiger partial charge is 0.356 e. The number of aryl methyl sites for hydroxylation is 2. The molecule has 0 aliphatic heterocycles. The van der Waals surface area contributed by atoms with Crippen molar-refractivity contribution in [3.8, 4) is 0 Å². The van der Waals surface area contributed by atoms with Crippen molar-refractivity contribution < 1.29 is 12.8 Å². The Morgan fingerprint density at radius 2 is 1.94 bits per heavy atom. The summed E-state index contributed by atoms with van der Waals surface area (Å²) in [4.78, 5) is 8.77. The third-order valence-electron chi connectivity index (χ3n) is 4.95. The highest BCUT2D eigenvalue weighted by Gasteiger charge is 2.11. The summed E-state index contributed by atoms with van der Waals surface area (Å²) in [6.07, 6.45) is 2.03. The third kappa shape index (κ3) is 6.27. The first-order valence-electron chi connectivity index (χ1n) is 10.1. The lowest BCUT2D eigenvalue weighted by Gasteiger charge is -2.15. The SMILES string of the molecule is CN=C(NCCCn1c(C)nc2ccccc21)NCc1cc(F)ccc1CS(C)(=O)=O. The van der Waals surface area contributed by atoms with Crippen LogP contribution in [0.4, 0.5) is 4.39 Å². The molecule has 7 nitrogen and oxygen atoms in total. The molecule has 3 rings (SSSR count). The molecule has 0 aliphatic rings. The summed E-state index contributed by atoms with van der Waals surface area (Å²) in [6, 6.07) is 12.2. The predicted octanol–water partition coefficient (Wildman–Crippen LogP) is 2.78. The van der Waals surface area contributed by atoms with Gasteiger partial charge >= 0.3 is 0 Å². The molecule has 2 aromatic carbocycles. The van der Waals surface area contributed by atoms with E-state index < -0.39 is 15.7 Å². The average molecular weight is 446 g/mol. The number of guanidine groups is 1. The predicted molar refractivity (Wildman–Crippen MR) is 122 cm³/mol. The Kier molecular flexibility index (Phi) is 7.27. The molecule has 0 unspecified atom stereocenters. The van der Waals surface area contributed by atoms with E-state index in [0.29, 0.717) is 23.6 Å². The van der Waals surface area contributed by atoms with Gasteiger partial charge in [-0.2, -0.15) is 0 Å². The molecule has 0 saturated heterocycles. The minimum absolute atomic E-state index is 0.130. The fourth-order valence-corrected chi connectivity index (χ4v) is 4.35. The Morgan fingerprint density at radius 3 is 2.68 bits per heavy atom. The molecule has 0 aliphatic carbocycles. The Hall–Kier alpha value is -2.94. The van der Waals surface area contributed by atoms with Crippen molar-refractivity contribution in [2.24, 2.45) is 4.99 Å². The Labute approximate surface area is 182 Å². The number of rotatable bonds is 8. The molecule has 1 heterocycles. The monoisotopic (exact) mass is 445 g/mol. The number of benzene rings is 2. The van der Waals surface area contributed by atoms with Gasteiger partial charge in [0.15, 0.2) is 15.8 Å². The molecule has 0 spiro atoms. The van der Waals surface area contributed by atoms with E-state index in [1.54, 1.807) is 7.05 Å². The van der Waals surface area contributed by atoms with Crippen LogP contribution in [0.2, 0.25) is 0 Å². The summed E-state index contributed by atoms with van der Waals surface area (Å²) in [5.74, 6) is 1.02. The number of fused-ring (bicyclic) bond motifs is 1. The van der Waals surface area contributed by atoms with Crippen LogP contribution < -0.4 is 10.6 Å². The van der Waals surface area contributed by atoms with Crippen molar-refractivity contribution >= 4 is 26.8 Å². The summed E-state index contributed by atoms with van der Waals surface area (Å²) >= 11 is 0. The molecule has 0 radical (unpaired) electrons. The molecule has 9 heteroatoms. The fraction of sp³-hybridized carbons (Fsp3) is 0.364. The number of aliphatic imine (C=N–C) groups is 1. The van der Waals surface area contributed by atoms with Gasteiger partial charge < -0.3 is 15.2 Å². The molecule has 0 atom stereocenters. The standard InChI is InChI=1S/C22H28FN5O2S/c1-16-27-20-7-4-5-8-21(20)28(16)12-6-11-25-22(24-2)26-14-18-13-19(23)10-9-17(18)15-31(3,29)30/h4-5,7-10,13H,6,11-12,14-15H2,1-3H3,(H2,24,25,26). The van der Waals surface area contributed by atoms with Crippen molar-refractivity contribution in [3.05, 3.63) is 65.2 Å². The summed E-state index contributed by atoms with van der Waals surface area (Å²) in [7, 11) is -1.56. The van der Waals surface area contributed by atoms with Crippen LogP contribution in [0.25, 0.3) is 11.0 Å². The van der Waals surface area contributed by atoms with E-state index in [4.69, 9.17) is 0 Å². The smallest absolute Gasteiger partial charge is 0.191 e. The minimum atomic E-state index is -3.22. The number of nitrogens with one attached hydrogen (secondary N) is 2. The van der Waals surface area contributed by atoms with Crippen LogP contribution in [-0.2, 0) is 28.7 Å². The Morgan fingerprint density at radius 1 is 1.16 bits per heavy atom.